The van der Waals surface area contributed by atoms with Crippen molar-refractivity contribution in [1.29, 1.82) is 0 Å². The number of amidine groups is 1. The topological polar surface area (TPSA) is 58.7 Å². The molecule has 5 rings (SSSR count). The molecule has 1 aliphatic rings. The van der Waals surface area contributed by atoms with Crippen molar-refractivity contribution in [3.63, 3.8) is 0 Å². The highest BCUT2D eigenvalue weighted by Crippen LogP contribution is 2.35. The Morgan fingerprint density at radius 1 is 1.14 bits per heavy atom. The zero-order valence-corrected chi connectivity index (χ0v) is 16.2. The van der Waals surface area contributed by atoms with Crippen molar-refractivity contribution in [1.82, 2.24) is 4.98 Å². The van der Waals surface area contributed by atoms with Crippen molar-refractivity contribution in [2.75, 3.05) is 4.90 Å². The van der Waals surface area contributed by atoms with Crippen molar-refractivity contribution in [2.24, 2.45) is 4.99 Å². The summed E-state index contributed by atoms with van der Waals surface area (Å²) in [6.45, 7) is 0. The number of thiazole rings is 1. The fourth-order valence-electron chi connectivity index (χ4n) is 2.99. The summed E-state index contributed by atoms with van der Waals surface area (Å²) >= 11 is 7.07. The monoisotopic (exact) mass is 423 g/mol. The van der Waals surface area contributed by atoms with Gasteiger partial charge in [-0.15, -0.1) is 0 Å². The Morgan fingerprint density at radius 2 is 1.97 bits per heavy atom. The van der Waals surface area contributed by atoms with Gasteiger partial charge in [0.2, 0.25) is 0 Å². The molecule has 3 heterocycles. The normalized spacial score (nSPS) is 15.5. The molecule has 0 fully saturated rings. The first-order valence-corrected chi connectivity index (χ1v) is 9.79. The smallest absolute Gasteiger partial charge is 0.284 e. The molecule has 0 radical (unpaired) electrons. The summed E-state index contributed by atoms with van der Waals surface area (Å²) in [5.74, 6) is 0.0897. The molecule has 0 saturated carbocycles. The molecule has 142 valence electrons. The standard InChI is InChI=1S/C21H11ClFN3O2S/c22-14-10-16-18(11-15(14)23)29-21(25-16)26-19(12-5-2-1-3-6-12)24-17(20(26)27)9-13-7-4-8-28-13/h1-11H/b17-9-. The maximum Gasteiger partial charge on any atom is 0.284 e. The Labute approximate surface area is 173 Å². The molecular formula is C21H11ClFN3O2S. The van der Waals surface area contributed by atoms with Crippen LogP contribution in [0, 0.1) is 5.82 Å². The fraction of sp³-hybridized carbons (Fsp3) is 0. The molecule has 5 nitrogen and oxygen atoms in total. The second-order valence-electron chi connectivity index (χ2n) is 6.22. The lowest BCUT2D eigenvalue weighted by molar-refractivity contribution is -0.113. The minimum Gasteiger partial charge on any atom is -0.465 e. The quantitative estimate of drug-likeness (QED) is 0.408. The van der Waals surface area contributed by atoms with Crippen LogP contribution in [0.4, 0.5) is 9.52 Å². The van der Waals surface area contributed by atoms with Gasteiger partial charge in [0, 0.05) is 11.6 Å². The Hall–Kier alpha value is -3.29. The Kier molecular flexibility index (Phi) is 4.26. The van der Waals surface area contributed by atoms with Crippen LogP contribution >= 0.6 is 22.9 Å². The zero-order valence-electron chi connectivity index (χ0n) is 14.7. The number of rotatable bonds is 3. The zero-order chi connectivity index (χ0) is 20.0. The van der Waals surface area contributed by atoms with Crippen molar-refractivity contribution >= 4 is 56.1 Å². The van der Waals surface area contributed by atoms with Gasteiger partial charge >= 0.3 is 0 Å². The Balaban J connectivity index is 1.66. The minimum absolute atomic E-state index is 0.0162. The average Bonchev–Trinajstić information content (AvgIpc) is 3.43. The number of carbonyl (C=O) groups excluding carboxylic acids is 1. The van der Waals surface area contributed by atoms with Gasteiger partial charge in [0.25, 0.3) is 5.91 Å². The number of aliphatic imine (C=N–C) groups is 1. The third-order valence-electron chi connectivity index (χ3n) is 4.33. The number of nitrogens with zero attached hydrogens (tertiary/aromatic N) is 3. The molecule has 29 heavy (non-hydrogen) atoms. The number of benzene rings is 2. The third kappa shape index (κ3) is 3.14. The van der Waals surface area contributed by atoms with Gasteiger partial charge in [0.1, 0.15) is 23.1 Å². The first-order chi connectivity index (χ1) is 14.1. The molecule has 4 aromatic rings. The van der Waals surface area contributed by atoms with Crippen LogP contribution in [0.15, 0.2) is 76.0 Å². The van der Waals surface area contributed by atoms with Crippen LogP contribution in [0.5, 0.6) is 0 Å². The van der Waals surface area contributed by atoms with Crippen molar-refractivity contribution in [3.8, 4) is 0 Å². The molecular weight excluding hydrogens is 413 g/mol. The maximum atomic E-state index is 13.9. The highest BCUT2D eigenvalue weighted by Gasteiger charge is 2.34. The van der Waals surface area contributed by atoms with E-state index in [1.54, 1.807) is 18.2 Å². The van der Waals surface area contributed by atoms with Gasteiger partial charge in [0.05, 0.1) is 21.5 Å². The SMILES string of the molecule is O=C1/C(=C/c2ccco2)N=C(c2ccccc2)N1c1nc2cc(Cl)c(F)cc2s1. The fourth-order valence-corrected chi connectivity index (χ4v) is 4.12. The van der Waals surface area contributed by atoms with E-state index >= 15 is 0 Å². The molecule has 0 N–H and O–H groups in total. The van der Waals surface area contributed by atoms with Crippen molar-refractivity contribution in [3.05, 3.63) is 88.7 Å². The number of amides is 1. The molecule has 2 aromatic carbocycles. The number of carbonyl (C=O) groups is 1. The van der Waals surface area contributed by atoms with E-state index in [1.807, 2.05) is 30.3 Å². The van der Waals surface area contributed by atoms with Crippen LogP contribution < -0.4 is 4.90 Å². The van der Waals surface area contributed by atoms with Gasteiger partial charge in [-0.2, -0.15) is 0 Å². The predicted octanol–water partition coefficient (Wildman–Crippen LogP) is 5.52. The Bertz CT molecular complexity index is 1260. The minimum atomic E-state index is -0.530. The highest BCUT2D eigenvalue weighted by atomic mass is 35.5. The number of fused-ring (bicyclic) bond motifs is 1. The predicted molar refractivity (Wildman–Crippen MR) is 112 cm³/mol. The van der Waals surface area contributed by atoms with Gasteiger partial charge in [-0.3, -0.25) is 4.79 Å². The van der Waals surface area contributed by atoms with Gasteiger partial charge < -0.3 is 4.42 Å². The van der Waals surface area contributed by atoms with E-state index in [2.05, 4.69) is 9.98 Å². The van der Waals surface area contributed by atoms with Crippen LogP contribution in [-0.4, -0.2) is 16.7 Å². The maximum absolute atomic E-state index is 13.9. The van der Waals surface area contributed by atoms with Crippen LogP contribution in [0.1, 0.15) is 11.3 Å². The first kappa shape index (κ1) is 17.8. The number of hydrogen-bond donors (Lipinski definition) is 0. The van der Waals surface area contributed by atoms with Gasteiger partial charge in [-0.05, 0) is 24.3 Å². The van der Waals surface area contributed by atoms with E-state index in [-0.39, 0.29) is 16.6 Å². The van der Waals surface area contributed by atoms with Crippen molar-refractivity contribution < 1.29 is 13.6 Å². The average molecular weight is 424 g/mol. The second-order valence-corrected chi connectivity index (χ2v) is 7.63. The summed E-state index contributed by atoms with van der Waals surface area (Å²) in [6, 6.07) is 15.6. The van der Waals surface area contributed by atoms with E-state index in [9.17, 15) is 9.18 Å². The number of anilines is 1. The number of aromatic nitrogens is 1. The largest absolute Gasteiger partial charge is 0.465 e. The van der Waals surface area contributed by atoms with Crippen LogP contribution in [0.2, 0.25) is 5.02 Å². The number of hydrogen-bond acceptors (Lipinski definition) is 5. The second kappa shape index (κ2) is 6.95. The molecule has 0 aliphatic carbocycles. The molecule has 1 aliphatic heterocycles. The lowest BCUT2D eigenvalue weighted by Crippen LogP contribution is -2.32. The number of furan rings is 1. The number of halogens is 2. The highest BCUT2D eigenvalue weighted by molar-refractivity contribution is 7.22. The van der Waals surface area contributed by atoms with Gasteiger partial charge in [0.15, 0.2) is 5.13 Å². The first-order valence-electron chi connectivity index (χ1n) is 8.59. The van der Waals surface area contributed by atoms with Gasteiger partial charge in [-0.1, -0.05) is 53.3 Å². The van der Waals surface area contributed by atoms with E-state index < -0.39 is 5.82 Å². The molecule has 2 aromatic heterocycles. The molecule has 8 heteroatoms. The molecule has 0 unspecified atom stereocenters. The summed E-state index contributed by atoms with van der Waals surface area (Å²) in [5.41, 5.74) is 1.49. The van der Waals surface area contributed by atoms with Crippen LogP contribution in [0.25, 0.3) is 16.3 Å². The molecule has 0 spiro atoms. The van der Waals surface area contributed by atoms with Crippen LogP contribution in [-0.2, 0) is 4.79 Å². The summed E-state index contributed by atoms with van der Waals surface area (Å²) < 4.78 is 19.8. The van der Waals surface area contributed by atoms with E-state index in [4.69, 9.17) is 16.0 Å². The Morgan fingerprint density at radius 3 is 2.72 bits per heavy atom. The van der Waals surface area contributed by atoms with E-state index in [0.717, 1.165) is 5.56 Å². The van der Waals surface area contributed by atoms with Crippen LogP contribution in [0.3, 0.4) is 0 Å². The summed E-state index contributed by atoms with van der Waals surface area (Å²) in [7, 11) is 0. The van der Waals surface area contributed by atoms with E-state index in [1.165, 1.54) is 34.6 Å². The lowest BCUT2D eigenvalue weighted by Gasteiger charge is -2.14. The summed E-state index contributed by atoms with van der Waals surface area (Å²) in [5, 5.41) is 0.370. The molecule has 1 amide bonds. The molecule has 0 saturated heterocycles. The lowest BCUT2D eigenvalue weighted by atomic mass is 10.2. The molecule has 0 atom stereocenters. The van der Waals surface area contributed by atoms with Crippen molar-refractivity contribution in [2.45, 2.75) is 0 Å². The summed E-state index contributed by atoms with van der Waals surface area (Å²) in [4.78, 5) is 23.7. The summed E-state index contributed by atoms with van der Waals surface area (Å²) in [6.07, 6.45) is 3.10. The van der Waals surface area contributed by atoms with Gasteiger partial charge in [-0.25, -0.2) is 19.3 Å². The van der Waals surface area contributed by atoms with E-state index in [0.29, 0.717) is 26.9 Å². The molecule has 0 bridgehead atoms. The third-order valence-corrected chi connectivity index (χ3v) is 5.62.